The normalized spacial score (nSPS) is 14.2. The number of para-hydroxylation sites is 1. The van der Waals surface area contributed by atoms with E-state index in [0.29, 0.717) is 6.04 Å². The van der Waals surface area contributed by atoms with Crippen LogP contribution in [0.15, 0.2) is 42.7 Å². The van der Waals surface area contributed by atoms with Crippen LogP contribution in [0.25, 0.3) is 0 Å². The molecule has 0 unspecified atom stereocenters. The van der Waals surface area contributed by atoms with Gasteiger partial charge in [0.05, 0.1) is 6.67 Å². The van der Waals surface area contributed by atoms with E-state index in [1.165, 1.54) is 0 Å². The fourth-order valence-corrected chi connectivity index (χ4v) is 2.22. The van der Waals surface area contributed by atoms with Crippen LogP contribution < -0.4 is 9.80 Å². The van der Waals surface area contributed by atoms with Gasteiger partial charge >= 0.3 is 0 Å². The summed E-state index contributed by atoms with van der Waals surface area (Å²) in [6.45, 7) is 5.15. The van der Waals surface area contributed by atoms with Crippen LogP contribution in [0.3, 0.4) is 0 Å². The van der Waals surface area contributed by atoms with Crippen molar-refractivity contribution in [1.82, 2.24) is 9.97 Å². The van der Waals surface area contributed by atoms with Gasteiger partial charge in [-0.2, -0.15) is 0 Å². The fourth-order valence-electron chi connectivity index (χ4n) is 2.22. The molecule has 92 valence electrons. The summed E-state index contributed by atoms with van der Waals surface area (Å²) in [5, 5.41) is 0. The van der Waals surface area contributed by atoms with Crippen LogP contribution in [-0.2, 0) is 0 Å². The average Bonchev–Trinajstić information content (AvgIpc) is 2.79. The molecule has 0 saturated carbocycles. The van der Waals surface area contributed by atoms with Gasteiger partial charge in [0.15, 0.2) is 11.6 Å². The molecule has 0 atom stereocenters. The molecule has 1 aromatic carbocycles. The second kappa shape index (κ2) is 4.29. The Labute approximate surface area is 107 Å². The number of benzene rings is 1. The molecule has 4 heteroatoms. The molecule has 3 rings (SSSR count). The molecule has 18 heavy (non-hydrogen) atoms. The maximum atomic E-state index is 4.47. The summed E-state index contributed by atoms with van der Waals surface area (Å²) in [6.07, 6.45) is 3.50. The molecule has 1 aliphatic rings. The molecule has 2 heterocycles. The highest BCUT2D eigenvalue weighted by atomic mass is 15.4. The second-order valence-electron chi connectivity index (χ2n) is 4.67. The number of nitrogens with zero attached hydrogens (tertiary/aromatic N) is 4. The lowest BCUT2D eigenvalue weighted by Crippen LogP contribution is -2.33. The molecule has 4 nitrogen and oxygen atoms in total. The maximum absolute atomic E-state index is 4.47. The topological polar surface area (TPSA) is 32.3 Å². The SMILES string of the molecule is CC(C)N1CN(c2ccccc2)c2nccnc21. The standard InChI is InChI=1S/C14H16N4/c1-11(2)17-10-18(12-6-4-3-5-7-12)14-13(17)15-8-9-16-14/h3-9,11H,10H2,1-2H3. The van der Waals surface area contributed by atoms with Crippen LogP contribution in [0.1, 0.15) is 13.8 Å². The molecule has 1 aliphatic heterocycles. The van der Waals surface area contributed by atoms with E-state index in [0.717, 1.165) is 24.0 Å². The largest absolute Gasteiger partial charge is 0.333 e. The Balaban J connectivity index is 2.05. The van der Waals surface area contributed by atoms with Crippen LogP contribution in [-0.4, -0.2) is 22.7 Å². The summed E-state index contributed by atoms with van der Waals surface area (Å²) in [7, 11) is 0. The Morgan fingerprint density at radius 1 is 1.00 bits per heavy atom. The molecule has 0 spiro atoms. The summed E-state index contributed by atoms with van der Waals surface area (Å²) in [6, 6.07) is 10.7. The third kappa shape index (κ3) is 1.70. The third-order valence-electron chi connectivity index (χ3n) is 3.17. The molecule has 0 saturated heterocycles. The average molecular weight is 240 g/mol. The van der Waals surface area contributed by atoms with Crippen molar-refractivity contribution >= 4 is 17.3 Å². The smallest absolute Gasteiger partial charge is 0.178 e. The zero-order valence-electron chi connectivity index (χ0n) is 10.6. The first-order chi connectivity index (χ1) is 8.77. The number of anilines is 3. The number of fused-ring (bicyclic) bond motifs is 1. The van der Waals surface area contributed by atoms with Gasteiger partial charge in [0.2, 0.25) is 0 Å². The van der Waals surface area contributed by atoms with Crippen LogP contribution >= 0.6 is 0 Å². The molecule has 0 amide bonds. The van der Waals surface area contributed by atoms with Gasteiger partial charge in [-0.3, -0.25) is 0 Å². The number of aromatic nitrogens is 2. The van der Waals surface area contributed by atoms with Gasteiger partial charge in [0.25, 0.3) is 0 Å². The first-order valence-corrected chi connectivity index (χ1v) is 6.17. The maximum Gasteiger partial charge on any atom is 0.178 e. The Hall–Kier alpha value is -2.10. The molecule has 0 aliphatic carbocycles. The quantitative estimate of drug-likeness (QED) is 0.808. The van der Waals surface area contributed by atoms with Gasteiger partial charge in [0, 0.05) is 24.1 Å². The van der Waals surface area contributed by atoms with Gasteiger partial charge in [0.1, 0.15) is 0 Å². The van der Waals surface area contributed by atoms with E-state index >= 15 is 0 Å². The van der Waals surface area contributed by atoms with Gasteiger partial charge in [-0.15, -0.1) is 0 Å². The van der Waals surface area contributed by atoms with Crippen molar-refractivity contribution in [2.75, 3.05) is 16.5 Å². The fraction of sp³-hybridized carbons (Fsp3) is 0.286. The van der Waals surface area contributed by atoms with Crippen LogP contribution in [0.4, 0.5) is 17.3 Å². The van der Waals surface area contributed by atoms with Gasteiger partial charge in [-0.05, 0) is 26.0 Å². The Bertz CT molecular complexity index is 539. The van der Waals surface area contributed by atoms with Crippen molar-refractivity contribution in [3.05, 3.63) is 42.7 Å². The predicted octanol–water partition coefficient (Wildman–Crippen LogP) is 2.80. The first kappa shape index (κ1) is 11.0. The number of hydrogen-bond acceptors (Lipinski definition) is 4. The minimum absolute atomic E-state index is 0.411. The highest BCUT2D eigenvalue weighted by Gasteiger charge is 2.30. The van der Waals surface area contributed by atoms with Crippen LogP contribution in [0.5, 0.6) is 0 Å². The summed E-state index contributed by atoms with van der Waals surface area (Å²) in [5.74, 6) is 1.91. The van der Waals surface area contributed by atoms with Crippen LogP contribution in [0.2, 0.25) is 0 Å². The van der Waals surface area contributed by atoms with Gasteiger partial charge in [-0.25, -0.2) is 9.97 Å². The first-order valence-electron chi connectivity index (χ1n) is 6.17. The molecule has 0 N–H and O–H groups in total. The molecule has 2 aromatic rings. The highest BCUT2D eigenvalue weighted by Crippen LogP contribution is 2.37. The summed E-state index contributed by atoms with van der Waals surface area (Å²) in [5.41, 5.74) is 1.16. The van der Waals surface area contributed by atoms with E-state index in [4.69, 9.17) is 0 Å². The van der Waals surface area contributed by atoms with E-state index in [2.05, 4.69) is 45.7 Å². The van der Waals surface area contributed by atoms with Crippen molar-refractivity contribution in [2.24, 2.45) is 0 Å². The van der Waals surface area contributed by atoms with Crippen molar-refractivity contribution in [1.29, 1.82) is 0 Å². The summed E-state index contributed by atoms with van der Waals surface area (Å²) in [4.78, 5) is 13.4. The minimum Gasteiger partial charge on any atom is -0.333 e. The third-order valence-corrected chi connectivity index (χ3v) is 3.17. The Morgan fingerprint density at radius 2 is 1.67 bits per heavy atom. The van der Waals surface area contributed by atoms with Crippen molar-refractivity contribution < 1.29 is 0 Å². The monoisotopic (exact) mass is 240 g/mol. The van der Waals surface area contributed by atoms with Gasteiger partial charge < -0.3 is 9.80 Å². The van der Waals surface area contributed by atoms with E-state index in [-0.39, 0.29) is 0 Å². The van der Waals surface area contributed by atoms with Crippen molar-refractivity contribution in [2.45, 2.75) is 19.9 Å². The van der Waals surface area contributed by atoms with E-state index < -0.39 is 0 Å². The van der Waals surface area contributed by atoms with E-state index in [1.54, 1.807) is 12.4 Å². The highest BCUT2D eigenvalue weighted by molar-refractivity contribution is 5.76. The Morgan fingerprint density at radius 3 is 2.33 bits per heavy atom. The zero-order valence-corrected chi connectivity index (χ0v) is 10.6. The van der Waals surface area contributed by atoms with Crippen LogP contribution in [0, 0.1) is 0 Å². The van der Waals surface area contributed by atoms with Crippen molar-refractivity contribution in [3.8, 4) is 0 Å². The van der Waals surface area contributed by atoms with E-state index in [9.17, 15) is 0 Å². The molecule has 0 radical (unpaired) electrons. The molecular formula is C14H16N4. The lowest BCUT2D eigenvalue weighted by molar-refractivity contribution is 0.702. The molecular weight excluding hydrogens is 224 g/mol. The lowest BCUT2D eigenvalue weighted by atomic mass is 10.3. The Kier molecular flexibility index (Phi) is 2.63. The van der Waals surface area contributed by atoms with Gasteiger partial charge in [-0.1, -0.05) is 18.2 Å². The number of hydrogen-bond donors (Lipinski definition) is 0. The molecule has 1 aromatic heterocycles. The minimum atomic E-state index is 0.411. The predicted molar refractivity (Wildman–Crippen MR) is 73.1 cm³/mol. The van der Waals surface area contributed by atoms with E-state index in [1.807, 2.05) is 18.2 Å². The summed E-state index contributed by atoms with van der Waals surface area (Å²) >= 11 is 0. The molecule has 0 fully saturated rings. The zero-order chi connectivity index (χ0) is 12.5. The lowest BCUT2D eigenvalue weighted by Gasteiger charge is -2.23. The summed E-state index contributed by atoms with van der Waals surface area (Å²) < 4.78 is 0. The molecule has 0 bridgehead atoms. The number of rotatable bonds is 2. The van der Waals surface area contributed by atoms with Crippen molar-refractivity contribution in [3.63, 3.8) is 0 Å². The second-order valence-corrected chi connectivity index (χ2v) is 4.67.